The summed E-state index contributed by atoms with van der Waals surface area (Å²) in [5.41, 5.74) is 1.09. The van der Waals surface area contributed by atoms with Crippen LogP contribution in [-0.4, -0.2) is 52.0 Å². The van der Waals surface area contributed by atoms with Crippen molar-refractivity contribution in [3.05, 3.63) is 46.4 Å². The van der Waals surface area contributed by atoms with Crippen molar-refractivity contribution < 1.29 is 9.90 Å². The Balaban J connectivity index is 1.54. The molecule has 1 aliphatic rings. The highest BCUT2D eigenvalue weighted by atomic mass is 32.1. The second kappa shape index (κ2) is 6.24. The van der Waals surface area contributed by atoms with Crippen LogP contribution < -0.4 is 0 Å². The quantitative estimate of drug-likeness (QED) is 0.939. The number of aromatic nitrogens is 1. The van der Waals surface area contributed by atoms with E-state index in [1.54, 1.807) is 18.3 Å². The summed E-state index contributed by atoms with van der Waals surface area (Å²) in [5.74, 6) is 0.326. The van der Waals surface area contributed by atoms with Gasteiger partial charge < -0.3 is 10.0 Å². The molecule has 0 bridgehead atoms. The third kappa shape index (κ3) is 3.40. The van der Waals surface area contributed by atoms with Gasteiger partial charge in [0.2, 0.25) is 0 Å². The minimum absolute atomic E-state index is 0.0296. The molecule has 110 valence electrons. The molecule has 2 heterocycles. The Morgan fingerprint density at radius 2 is 2.10 bits per heavy atom. The maximum Gasteiger partial charge on any atom is 0.282 e. The normalized spacial score (nSPS) is 16.1. The molecule has 1 aliphatic heterocycles. The van der Waals surface area contributed by atoms with Gasteiger partial charge in [0.15, 0.2) is 5.01 Å². The number of benzene rings is 1. The fourth-order valence-electron chi connectivity index (χ4n) is 2.49. The van der Waals surface area contributed by atoms with Crippen LogP contribution in [0.15, 0.2) is 35.8 Å². The zero-order valence-electron chi connectivity index (χ0n) is 11.6. The van der Waals surface area contributed by atoms with Crippen LogP contribution in [0, 0.1) is 0 Å². The Morgan fingerprint density at radius 1 is 1.29 bits per heavy atom. The maximum absolute atomic E-state index is 12.2. The van der Waals surface area contributed by atoms with Crippen molar-refractivity contribution in [2.75, 3.05) is 26.2 Å². The van der Waals surface area contributed by atoms with Crippen LogP contribution in [0.3, 0.4) is 0 Å². The number of amides is 1. The average molecular weight is 303 g/mol. The van der Waals surface area contributed by atoms with Crippen LogP contribution in [0.5, 0.6) is 5.75 Å². The van der Waals surface area contributed by atoms with Crippen LogP contribution in [0.2, 0.25) is 0 Å². The lowest BCUT2D eigenvalue weighted by Crippen LogP contribution is -2.48. The van der Waals surface area contributed by atoms with Gasteiger partial charge in [0.25, 0.3) is 5.91 Å². The molecule has 21 heavy (non-hydrogen) atoms. The first-order chi connectivity index (χ1) is 10.2. The van der Waals surface area contributed by atoms with Gasteiger partial charge in [0.1, 0.15) is 5.75 Å². The number of piperazine rings is 1. The van der Waals surface area contributed by atoms with E-state index in [2.05, 4.69) is 9.88 Å². The van der Waals surface area contributed by atoms with E-state index >= 15 is 0 Å². The van der Waals surface area contributed by atoms with Crippen molar-refractivity contribution in [3.8, 4) is 5.75 Å². The lowest BCUT2D eigenvalue weighted by atomic mass is 10.2. The molecule has 1 amide bonds. The molecule has 1 fully saturated rings. The number of nitrogens with zero attached hydrogens (tertiary/aromatic N) is 3. The maximum atomic E-state index is 12.2. The molecule has 6 heteroatoms. The van der Waals surface area contributed by atoms with E-state index in [1.165, 1.54) is 11.3 Å². The van der Waals surface area contributed by atoms with Crippen LogP contribution in [0.4, 0.5) is 0 Å². The molecule has 5 nitrogen and oxygen atoms in total. The summed E-state index contributed by atoms with van der Waals surface area (Å²) in [6, 6.07) is 7.32. The lowest BCUT2D eigenvalue weighted by molar-refractivity contribution is 0.0628. The first-order valence-electron chi connectivity index (χ1n) is 6.91. The minimum Gasteiger partial charge on any atom is -0.508 e. The molecular weight excluding hydrogens is 286 g/mol. The fraction of sp³-hybridized carbons (Fsp3) is 0.333. The Kier molecular flexibility index (Phi) is 4.17. The van der Waals surface area contributed by atoms with Gasteiger partial charge in [0, 0.05) is 44.3 Å². The van der Waals surface area contributed by atoms with Crippen molar-refractivity contribution in [1.82, 2.24) is 14.8 Å². The van der Waals surface area contributed by atoms with Crippen molar-refractivity contribution >= 4 is 17.2 Å². The Hall–Kier alpha value is -1.92. The lowest BCUT2D eigenvalue weighted by Gasteiger charge is -2.34. The van der Waals surface area contributed by atoms with E-state index < -0.39 is 0 Å². The van der Waals surface area contributed by atoms with Gasteiger partial charge in [-0.2, -0.15) is 0 Å². The largest absolute Gasteiger partial charge is 0.508 e. The van der Waals surface area contributed by atoms with Crippen LogP contribution in [0.1, 0.15) is 15.4 Å². The summed E-state index contributed by atoms with van der Waals surface area (Å²) in [7, 11) is 0. The molecule has 1 aromatic heterocycles. The van der Waals surface area contributed by atoms with Gasteiger partial charge in [-0.05, 0) is 17.7 Å². The minimum atomic E-state index is 0.0296. The average Bonchev–Trinajstić information content (AvgIpc) is 3.01. The molecule has 1 saturated heterocycles. The highest BCUT2D eigenvalue weighted by molar-refractivity contribution is 7.11. The van der Waals surface area contributed by atoms with E-state index in [0.29, 0.717) is 10.8 Å². The molecule has 0 saturated carbocycles. The molecule has 0 unspecified atom stereocenters. The van der Waals surface area contributed by atoms with Crippen molar-refractivity contribution in [2.45, 2.75) is 6.54 Å². The van der Waals surface area contributed by atoms with Gasteiger partial charge in [-0.15, -0.1) is 11.3 Å². The highest BCUT2D eigenvalue weighted by Crippen LogP contribution is 2.15. The molecule has 0 atom stereocenters. The summed E-state index contributed by atoms with van der Waals surface area (Å²) in [4.78, 5) is 20.4. The smallest absolute Gasteiger partial charge is 0.282 e. The summed E-state index contributed by atoms with van der Waals surface area (Å²) in [5, 5.41) is 11.9. The molecule has 2 aromatic rings. The van der Waals surface area contributed by atoms with Gasteiger partial charge in [0.05, 0.1) is 0 Å². The first kappa shape index (κ1) is 14.0. The molecule has 3 rings (SSSR count). The summed E-state index contributed by atoms with van der Waals surface area (Å²) >= 11 is 1.39. The van der Waals surface area contributed by atoms with Gasteiger partial charge in [-0.25, -0.2) is 4.98 Å². The Bertz CT molecular complexity index is 607. The summed E-state index contributed by atoms with van der Waals surface area (Å²) < 4.78 is 0. The molecule has 0 spiro atoms. The summed E-state index contributed by atoms with van der Waals surface area (Å²) in [6.07, 6.45) is 1.66. The number of rotatable bonds is 3. The molecule has 0 radical (unpaired) electrons. The van der Waals surface area contributed by atoms with Crippen molar-refractivity contribution in [3.63, 3.8) is 0 Å². The van der Waals surface area contributed by atoms with Gasteiger partial charge >= 0.3 is 0 Å². The Labute approximate surface area is 127 Å². The zero-order chi connectivity index (χ0) is 14.7. The first-order valence-corrected chi connectivity index (χ1v) is 7.79. The number of phenolic OH excluding ortho intramolecular Hbond substituents is 1. The number of aromatic hydroxyl groups is 1. The zero-order valence-corrected chi connectivity index (χ0v) is 12.4. The van der Waals surface area contributed by atoms with Crippen LogP contribution >= 0.6 is 11.3 Å². The van der Waals surface area contributed by atoms with E-state index in [9.17, 15) is 9.90 Å². The predicted octanol–water partition coefficient (Wildman–Crippen LogP) is 1.81. The third-order valence-electron chi connectivity index (χ3n) is 3.59. The topological polar surface area (TPSA) is 56.7 Å². The molecule has 0 aliphatic carbocycles. The number of hydrogen-bond donors (Lipinski definition) is 1. The van der Waals surface area contributed by atoms with Gasteiger partial charge in [-0.1, -0.05) is 12.1 Å². The van der Waals surface area contributed by atoms with Crippen LogP contribution in [-0.2, 0) is 6.54 Å². The highest BCUT2D eigenvalue weighted by Gasteiger charge is 2.23. The van der Waals surface area contributed by atoms with Crippen LogP contribution in [0.25, 0.3) is 0 Å². The van der Waals surface area contributed by atoms with Crippen molar-refractivity contribution in [2.24, 2.45) is 0 Å². The molecule has 1 aromatic carbocycles. The third-order valence-corrected chi connectivity index (χ3v) is 4.35. The van der Waals surface area contributed by atoms with E-state index in [4.69, 9.17) is 0 Å². The van der Waals surface area contributed by atoms with E-state index in [-0.39, 0.29) is 5.91 Å². The number of carbonyl (C=O) groups is 1. The molecular formula is C15H17N3O2S. The number of carbonyl (C=O) groups excluding carboxylic acids is 1. The monoisotopic (exact) mass is 303 g/mol. The summed E-state index contributed by atoms with van der Waals surface area (Å²) in [6.45, 7) is 3.92. The van der Waals surface area contributed by atoms with E-state index in [0.717, 1.165) is 38.3 Å². The van der Waals surface area contributed by atoms with E-state index in [1.807, 2.05) is 22.4 Å². The standard InChI is InChI=1S/C15H17N3O2S/c19-13-3-1-2-12(10-13)11-17-5-7-18(8-6-17)15(20)14-16-4-9-21-14/h1-4,9-10,19H,5-8,11H2. The predicted molar refractivity (Wildman–Crippen MR) is 81.4 cm³/mol. The molecule has 1 N–H and O–H groups in total. The second-order valence-electron chi connectivity index (χ2n) is 5.08. The second-order valence-corrected chi connectivity index (χ2v) is 5.97. The fourth-order valence-corrected chi connectivity index (χ4v) is 3.09. The van der Waals surface area contributed by atoms with Gasteiger partial charge in [-0.3, -0.25) is 9.69 Å². The SMILES string of the molecule is O=C(c1nccs1)N1CCN(Cc2cccc(O)c2)CC1. The number of hydrogen-bond acceptors (Lipinski definition) is 5. The number of phenols is 1. The van der Waals surface area contributed by atoms with Crippen molar-refractivity contribution in [1.29, 1.82) is 0 Å². The Morgan fingerprint density at radius 3 is 2.76 bits per heavy atom. The number of thiazole rings is 1.